The van der Waals surface area contributed by atoms with Crippen LogP contribution in [0.3, 0.4) is 0 Å². The van der Waals surface area contributed by atoms with E-state index in [-0.39, 0.29) is 11.7 Å². The van der Waals surface area contributed by atoms with Gasteiger partial charge in [0.1, 0.15) is 17.2 Å². The summed E-state index contributed by atoms with van der Waals surface area (Å²) in [4.78, 5) is 10.8. The summed E-state index contributed by atoms with van der Waals surface area (Å²) in [5.41, 5.74) is 2.60. The van der Waals surface area contributed by atoms with Gasteiger partial charge in [0, 0.05) is 29.7 Å². The number of fused-ring (bicyclic) bond motifs is 3. The predicted octanol–water partition coefficient (Wildman–Crippen LogP) is 4.43. The van der Waals surface area contributed by atoms with E-state index < -0.39 is 11.2 Å². The molecule has 3 heterocycles. The fraction of sp³-hybridized carbons (Fsp3) is 0.150. The lowest BCUT2D eigenvalue weighted by Gasteiger charge is -2.38. The first-order chi connectivity index (χ1) is 13.2. The van der Waals surface area contributed by atoms with E-state index in [1.165, 1.54) is 12.1 Å². The van der Waals surface area contributed by atoms with Crippen molar-refractivity contribution < 1.29 is 14.1 Å². The minimum Gasteiger partial charge on any atom is -0.464 e. The highest BCUT2D eigenvalue weighted by atomic mass is 16.6. The van der Waals surface area contributed by atoms with Crippen molar-refractivity contribution in [3.63, 3.8) is 0 Å². The second kappa shape index (κ2) is 5.98. The highest BCUT2D eigenvalue weighted by molar-refractivity contribution is 5.99. The highest BCUT2D eigenvalue weighted by Crippen LogP contribution is 2.47. The fourth-order valence-electron chi connectivity index (χ4n) is 3.64. The normalized spacial score (nSPS) is 20.4. The number of benzene rings is 2. The van der Waals surface area contributed by atoms with Gasteiger partial charge in [-0.15, -0.1) is 0 Å². The largest absolute Gasteiger partial charge is 0.464 e. The molecule has 7 nitrogen and oxygen atoms in total. The Labute approximate surface area is 154 Å². The number of rotatable bonds is 3. The monoisotopic (exact) mass is 361 g/mol. The first-order valence-corrected chi connectivity index (χ1v) is 8.60. The van der Waals surface area contributed by atoms with Crippen molar-refractivity contribution in [1.29, 1.82) is 0 Å². The van der Waals surface area contributed by atoms with Crippen LogP contribution < -0.4 is 4.74 Å². The van der Waals surface area contributed by atoms with Crippen LogP contribution in [-0.2, 0) is 0 Å². The maximum absolute atomic E-state index is 11.2. The average molecular weight is 361 g/mol. The van der Waals surface area contributed by atoms with Gasteiger partial charge in [-0.3, -0.25) is 10.1 Å². The summed E-state index contributed by atoms with van der Waals surface area (Å²) < 4.78 is 11.7. The molecule has 7 heteroatoms. The average Bonchev–Trinajstić information content (AvgIpc) is 3.37. The topological polar surface area (TPSA) is 81.1 Å². The van der Waals surface area contributed by atoms with Crippen LogP contribution >= 0.6 is 0 Å². The summed E-state index contributed by atoms with van der Waals surface area (Å²) in [6.07, 6.45) is 1.76. The van der Waals surface area contributed by atoms with Crippen LogP contribution in [0.25, 0.3) is 0 Å². The molecule has 5 rings (SSSR count). The maximum Gasteiger partial charge on any atom is 0.269 e. The Morgan fingerprint density at radius 3 is 2.81 bits per heavy atom. The van der Waals surface area contributed by atoms with E-state index in [4.69, 9.17) is 14.3 Å². The number of para-hydroxylation sites is 1. The number of ether oxygens (including phenoxy) is 1. The molecule has 3 aromatic rings. The molecule has 0 spiro atoms. The summed E-state index contributed by atoms with van der Waals surface area (Å²) in [5.74, 6) is 1.49. The Bertz CT molecular complexity index is 1040. The molecule has 0 bridgehead atoms. The quantitative estimate of drug-likeness (QED) is 0.509. The molecule has 0 N–H and O–H groups in total. The Hall–Kier alpha value is -3.61. The van der Waals surface area contributed by atoms with Gasteiger partial charge in [0.05, 0.1) is 17.2 Å². The van der Waals surface area contributed by atoms with Crippen LogP contribution in [0.4, 0.5) is 5.69 Å². The second-order valence-electron chi connectivity index (χ2n) is 6.48. The maximum atomic E-state index is 11.2. The third-order valence-corrected chi connectivity index (χ3v) is 4.87. The minimum absolute atomic E-state index is 0.0145. The van der Waals surface area contributed by atoms with Crippen LogP contribution in [0.2, 0.25) is 0 Å². The lowest BCUT2D eigenvalue weighted by molar-refractivity contribution is -0.385. The van der Waals surface area contributed by atoms with Crippen molar-refractivity contribution in [2.75, 3.05) is 0 Å². The van der Waals surface area contributed by atoms with Gasteiger partial charge in [-0.2, -0.15) is 5.10 Å². The molecule has 2 aromatic carbocycles. The van der Waals surface area contributed by atoms with Gasteiger partial charge in [-0.1, -0.05) is 30.3 Å². The number of hydrogen-bond acceptors (Lipinski definition) is 6. The molecule has 2 unspecified atom stereocenters. The van der Waals surface area contributed by atoms with E-state index in [1.807, 2.05) is 47.5 Å². The number of hydrogen-bond donors (Lipinski definition) is 0. The summed E-state index contributed by atoms with van der Waals surface area (Å²) in [6.45, 7) is 0. The molecule has 0 amide bonds. The van der Waals surface area contributed by atoms with Crippen LogP contribution in [0.1, 0.15) is 35.6 Å². The number of nitro groups is 1. The summed E-state index contributed by atoms with van der Waals surface area (Å²) >= 11 is 0. The molecule has 27 heavy (non-hydrogen) atoms. The van der Waals surface area contributed by atoms with Crippen molar-refractivity contribution in [3.05, 3.63) is 93.9 Å². The van der Waals surface area contributed by atoms with E-state index in [0.29, 0.717) is 12.0 Å². The molecule has 0 fully saturated rings. The molecule has 2 atom stereocenters. The lowest BCUT2D eigenvalue weighted by Crippen LogP contribution is -2.33. The van der Waals surface area contributed by atoms with Crippen LogP contribution in [-0.4, -0.2) is 15.6 Å². The van der Waals surface area contributed by atoms with E-state index in [9.17, 15) is 10.1 Å². The molecule has 1 aromatic heterocycles. The molecular weight excluding hydrogens is 346 g/mol. The smallest absolute Gasteiger partial charge is 0.269 e. The molecular formula is C20H15N3O4. The molecule has 0 aliphatic carbocycles. The molecule has 0 saturated heterocycles. The predicted molar refractivity (Wildman–Crippen MR) is 97.3 cm³/mol. The number of hydrazone groups is 1. The van der Waals surface area contributed by atoms with Crippen molar-refractivity contribution in [2.24, 2.45) is 5.10 Å². The van der Waals surface area contributed by atoms with E-state index >= 15 is 0 Å². The molecule has 0 saturated carbocycles. The van der Waals surface area contributed by atoms with Crippen molar-refractivity contribution in [3.8, 4) is 5.75 Å². The van der Waals surface area contributed by atoms with Gasteiger partial charge in [0.15, 0.2) is 0 Å². The Morgan fingerprint density at radius 2 is 2.00 bits per heavy atom. The number of furan rings is 1. The van der Waals surface area contributed by atoms with Crippen LogP contribution in [0, 0.1) is 10.1 Å². The van der Waals surface area contributed by atoms with Gasteiger partial charge in [-0.05, 0) is 18.2 Å². The van der Waals surface area contributed by atoms with Crippen molar-refractivity contribution in [1.82, 2.24) is 5.01 Å². The van der Waals surface area contributed by atoms with E-state index in [2.05, 4.69) is 0 Å². The van der Waals surface area contributed by atoms with Crippen LogP contribution in [0.5, 0.6) is 5.75 Å². The molecule has 0 radical (unpaired) electrons. The van der Waals surface area contributed by atoms with Gasteiger partial charge in [0.25, 0.3) is 5.69 Å². The van der Waals surface area contributed by atoms with Gasteiger partial charge in [-0.25, -0.2) is 5.01 Å². The standard InChI is InChI=1S/C20H15N3O4/c24-23(25)14-6-3-5-13(11-14)20-22-17(15-7-1-2-8-18(15)27-20)12-16(21-22)19-9-4-10-26-19/h1-11,17,20H,12H2. The fourth-order valence-corrected chi connectivity index (χ4v) is 3.64. The Kier molecular flexibility index (Phi) is 3.46. The first kappa shape index (κ1) is 15.6. The minimum atomic E-state index is -0.544. The van der Waals surface area contributed by atoms with E-state index in [0.717, 1.165) is 22.8 Å². The summed E-state index contributed by atoms with van der Waals surface area (Å²) in [5, 5.41) is 17.8. The third-order valence-electron chi connectivity index (χ3n) is 4.87. The summed E-state index contributed by atoms with van der Waals surface area (Å²) in [6, 6.07) is 18.0. The second-order valence-corrected chi connectivity index (χ2v) is 6.48. The van der Waals surface area contributed by atoms with Gasteiger partial charge >= 0.3 is 0 Å². The number of non-ortho nitro benzene ring substituents is 1. The SMILES string of the molecule is O=[N+]([O-])c1cccc(C2Oc3ccccc3C3CC(c4ccco4)=NN32)c1. The number of nitro benzene ring substituents is 1. The zero-order valence-corrected chi connectivity index (χ0v) is 14.2. The van der Waals surface area contributed by atoms with Gasteiger partial charge in [0.2, 0.25) is 6.23 Å². The number of nitrogens with zero attached hydrogens (tertiary/aromatic N) is 3. The molecule has 2 aliphatic rings. The van der Waals surface area contributed by atoms with E-state index in [1.54, 1.807) is 12.3 Å². The zero-order valence-electron chi connectivity index (χ0n) is 14.2. The zero-order chi connectivity index (χ0) is 18.4. The summed E-state index contributed by atoms with van der Waals surface area (Å²) in [7, 11) is 0. The molecule has 134 valence electrons. The van der Waals surface area contributed by atoms with Crippen molar-refractivity contribution in [2.45, 2.75) is 18.7 Å². The first-order valence-electron chi connectivity index (χ1n) is 8.60. The van der Waals surface area contributed by atoms with Crippen molar-refractivity contribution >= 4 is 11.4 Å². The van der Waals surface area contributed by atoms with Crippen LogP contribution in [0.15, 0.2) is 76.4 Å². The Balaban J connectivity index is 1.61. The molecule has 2 aliphatic heterocycles. The lowest BCUT2D eigenvalue weighted by atomic mass is 9.97. The van der Waals surface area contributed by atoms with Gasteiger partial charge < -0.3 is 9.15 Å². The third kappa shape index (κ3) is 2.55. The highest BCUT2D eigenvalue weighted by Gasteiger charge is 2.41. The Morgan fingerprint density at radius 1 is 1.11 bits per heavy atom.